The Kier molecular flexibility index (Phi) is 4.68. The van der Waals surface area contributed by atoms with E-state index in [2.05, 4.69) is 9.97 Å². The van der Waals surface area contributed by atoms with Crippen molar-refractivity contribution < 1.29 is 18.3 Å². The van der Waals surface area contributed by atoms with Gasteiger partial charge in [0.15, 0.2) is 0 Å². The zero-order valence-electron chi connectivity index (χ0n) is 17.1. The minimum atomic E-state index is -3.08. The molecule has 0 aliphatic rings. The number of esters is 1. The van der Waals surface area contributed by atoms with Crippen LogP contribution in [-0.4, -0.2) is 27.6 Å². The van der Waals surface area contributed by atoms with E-state index in [0.29, 0.717) is 28.2 Å². The lowest BCUT2D eigenvalue weighted by atomic mass is 9.96. The second-order valence-corrected chi connectivity index (χ2v) is 7.38. The summed E-state index contributed by atoms with van der Waals surface area (Å²) in [6.07, 6.45) is 3.44. The Morgan fingerprint density at radius 1 is 1.17 bits per heavy atom. The van der Waals surface area contributed by atoms with Crippen molar-refractivity contribution in [2.45, 2.75) is 19.8 Å². The van der Waals surface area contributed by atoms with Crippen molar-refractivity contribution in [3.63, 3.8) is 0 Å². The number of benzene rings is 1. The van der Waals surface area contributed by atoms with Crippen LogP contribution in [0.1, 0.15) is 28.4 Å². The van der Waals surface area contributed by atoms with E-state index in [1.54, 1.807) is 49.1 Å². The Balaban J connectivity index is 2.05. The van der Waals surface area contributed by atoms with Gasteiger partial charge in [0.25, 0.3) is 5.92 Å². The normalized spacial score (nSPS) is 11.8. The van der Waals surface area contributed by atoms with E-state index in [1.165, 1.54) is 13.2 Å². The van der Waals surface area contributed by atoms with Crippen molar-refractivity contribution in [3.05, 3.63) is 65.5 Å². The minimum absolute atomic E-state index is 0.137. The summed E-state index contributed by atoms with van der Waals surface area (Å²) >= 11 is 0. The highest BCUT2D eigenvalue weighted by Gasteiger charge is 2.32. The van der Waals surface area contributed by atoms with Crippen molar-refractivity contribution in [3.8, 4) is 22.5 Å². The standard InChI is InChI=1S/C23H21F2N3O2/c1-13-5-6-16(18(11-13)23(2,24)25)20-17(22(29)30-4)12-19(28(20)3)14-7-9-26-21-15(14)8-10-27-21/h5-12H,1-4H3,(H,26,27). The zero-order chi connectivity index (χ0) is 21.6. The minimum Gasteiger partial charge on any atom is -0.465 e. The maximum Gasteiger partial charge on any atom is 0.340 e. The number of nitrogens with one attached hydrogen (secondary N) is 1. The predicted molar refractivity (Wildman–Crippen MR) is 112 cm³/mol. The summed E-state index contributed by atoms with van der Waals surface area (Å²) in [4.78, 5) is 20.0. The molecule has 0 amide bonds. The molecule has 0 saturated carbocycles. The van der Waals surface area contributed by atoms with E-state index >= 15 is 0 Å². The number of rotatable bonds is 4. The van der Waals surface area contributed by atoms with Crippen molar-refractivity contribution >= 4 is 17.0 Å². The maximum atomic E-state index is 14.5. The largest absolute Gasteiger partial charge is 0.465 e. The van der Waals surface area contributed by atoms with Crippen molar-refractivity contribution in [1.29, 1.82) is 0 Å². The Bertz CT molecular complexity index is 1270. The summed E-state index contributed by atoms with van der Waals surface area (Å²) in [5.74, 6) is -3.67. The second-order valence-electron chi connectivity index (χ2n) is 7.38. The van der Waals surface area contributed by atoms with Crippen LogP contribution in [0.2, 0.25) is 0 Å². The van der Waals surface area contributed by atoms with E-state index < -0.39 is 11.9 Å². The van der Waals surface area contributed by atoms with Crippen LogP contribution < -0.4 is 0 Å². The van der Waals surface area contributed by atoms with Gasteiger partial charge in [0.1, 0.15) is 5.65 Å². The number of hydrogen-bond acceptors (Lipinski definition) is 3. The number of methoxy groups -OCH3 is 1. The molecule has 7 heteroatoms. The fourth-order valence-electron chi connectivity index (χ4n) is 3.86. The lowest BCUT2D eigenvalue weighted by Crippen LogP contribution is -2.12. The molecular formula is C23H21F2N3O2. The van der Waals surface area contributed by atoms with Gasteiger partial charge in [0.05, 0.1) is 18.4 Å². The molecule has 0 fully saturated rings. The molecule has 0 bridgehead atoms. The summed E-state index contributed by atoms with van der Waals surface area (Å²) in [6.45, 7) is 2.62. The Hall–Kier alpha value is -3.48. The summed E-state index contributed by atoms with van der Waals surface area (Å²) in [5.41, 5.74) is 3.71. The molecule has 0 saturated heterocycles. The molecule has 0 spiro atoms. The SMILES string of the molecule is COC(=O)c1cc(-c2ccnc3[nH]ccc23)n(C)c1-c1ccc(C)cc1C(C)(F)F. The number of hydrogen-bond donors (Lipinski definition) is 1. The van der Waals surface area contributed by atoms with Crippen LogP contribution in [-0.2, 0) is 17.7 Å². The van der Waals surface area contributed by atoms with Crippen LogP contribution in [0.5, 0.6) is 0 Å². The number of carbonyl (C=O) groups excluding carboxylic acids is 1. The molecule has 4 rings (SSSR count). The van der Waals surface area contributed by atoms with Gasteiger partial charge in [0.2, 0.25) is 0 Å². The molecule has 3 heterocycles. The molecule has 5 nitrogen and oxygen atoms in total. The molecule has 0 aliphatic carbocycles. The first-order valence-electron chi connectivity index (χ1n) is 9.42. The van der Waals surface area contributed by atoms with E-state index in [4.69, 9.17) is 4.74 Å². The summed E-state index contributed by atoms with van der Waals surface area (Å²) in [6, 6.07) is 10.3. The number of halogens is 2. The van der Waals surface area contributed by atoms with Crippen molar-refractivity contribution in [1.82, 2.24) is 14.5 Å². The fourth-order valence-corrected chi connectivity index (χ4v) is 3.86. The average Bonchev–Trinajstić information content (AvgIpc) is 3.31. The van der Waals surface area contributed by atoms with Gasteiger partial charge in [-0.1, -0.05) is 17.7 Å². The van der Waals surface area contributed by atoms with Crippen LogP contribution >= 0.6 is 0 Å². The maximum absolute atomic E-state index is 14.5. The number of pyridine rings is 1. The molecular weight excluding hydrogens is 388 g/mol. The summed E-state index contributed by atoms with van der Waals surface area (Å²) in [7, 11) is 3.04. The predicted octanol–water partition coefficient (Wildman–Crippen LogP) is 5.44. The van der Waals surface area contributed by atoms with Crippen molar-refractivity contribution in [2.24, 2.45) is 7.05 Å². The number of fused-ring (bicyclic) bond motifs is 1. The molecule has 0 unspecified atom stereocenters. The topological polar surface area (TPSA) is 59.9 Å². The first-order chi connectivity index (χ1) is 14.2. The molecule has 0 atom stereocenters. The Morgan fingerprint density at radius 3 is 2.63 bits per heavy atom. The van der Waals surface area contributed by atoms with Crippen molar-refractivity contribution in [2.75, 3.05) is 7.11 Å². The molecule has 3 aromatic heterocycles. The van der Waals surface area contributed by atoms with E-state index in [9.17, 15) is 13.6 Å². The van der Waals surface area contributed by atoms with Crippen LogP contribution in [0.15, 0.2) is 48.8 Å². The Labute approximate surface area is 172 Å². The number of aromatic nitrogens is 3. The third kappa shape index (κ3) is 3.16. The molecule has 30 heavy (non-hydrogen) atoms. The van der Waals surface area contributed by atoms with Gasteiger partial charge in [-0.3, -0.25) is 0 Å². The molecule has 1 N–H and O–H groups in total. The summed E-state index contributed by atoms with van der Waals surface area (Å²) in [5, 5.41) is 0.867. The third-order valence-corrected chi connectivity index (χ3v) is 5.28. The lowest BCUT2D eigenvalue weighted by Gasteiger charge is -2.19. The van der Waals surface area contributed by atoms with Gasteiger partial charge in [-0.05, 0) is 31.2 Å². The highest BCUT2D eigenvalue weighted by atomic mass is 19.3. The first-order valence-corrected chi connectivity index (χ1v) is 9.42. The van der Waals surface area contributed by atoms with Gasteiger partial charge < -0.3 is 14.3 Å². The quantitative estimate of drug-likeness (QED) is 0.457. The number of alkyl halides is 2. The van der Waals surface area contributed by atoms with E-state index in [-0.39, 0.29) is 11.1 Å². The highest BCUT2D eigenvalue weighted by Crippen LogP contribution is 2.41. The number of nitrogens with zero attached hydrogens (tertiary/aromatic N) is 2. The smallest absolute Gasteiger partial charge is 0.340 e. The third-order valence-electron chi connectivity index (χ3n) is 5.28. The lowest BCUT2D eigenvalue weighted by molar-refractivity contribution is 0.0179. The van der Waals surface area contributed by atoms with Gasteiger partial charge >= 0.3 is 5.97 Å². The van der Waals surface area contributed by atoms with E-state index in [1.807, 2.05) is 12.1 Å². The average molecular weight is 409 g/mol. The molecule has 154 valence electrons. The number of H-pyrrole nitrogens is 1. The number of aromatic amines is 1. The number of ether oxygens (including phenoxy) is 1. The van der Waals surface area contributed by atoms with Gasteiger partial charge in [-0.25, -0.2) is 18.6 Å². The number of carbonyl (C=O) groups is 1. The molecule has 4 aromatic rings. The molecule has 0 radical (unpaired) electrons. The van der Waals surface area contributed by atoms with Gasteiger partial charge in [0, 0.05) is 54.1 Å². The van der Waals surface area contributed by atoms with Gasteiger partial charge in [-0.15, -0.1) is 0 Å². The monoisotopic (exact) mass is 409 g/mol. The van der Waals surface area contributed by atoms with Crippen LogP contribution in [0.4, 0.5) is 8.78 Å². The number of aryl methyl sites for hydroxylation is 1. The fraction of sp³-hybridized carbons (Fsp3) is 0.217. The van der Waals surface area contributed by atoms with Crippen LogP contribution in [0.25, 0.3) is 33.5 Å². The zero-order valence-corrected chi connectivity index (χ0v) is 17.1. The molecule has 0 aliphatic heterocycles. The molecule has 1 aromatic carbocycles. The van der Waals surface area contributed by atoms with Gasteiger partial charge in [-0.2, -0.15) is 0 Å². The van der Waals surface area contributed by atoms with Crippen LogP contribution in [0.3, 0.4) is 0 Å². The summed E-state index contributed by atoms with van der Waals surface area (Å²) < 4.78 is 35.7. The first kappa shape index (κ1) is 19.8. The highest BCUT2D eigenvalue weighted by molar-refractivity contribution is 6.01. The van der Waals surface area contributed by atoms with Crippen LogP contribution in [0, 0.1) is 6.92 Å². The second kappa shape index (κ2) is 7.09. The van der Waals surface area contributed by atoms with E-state index in [0.717, 1.165) is 17.9 Å². The Morgan fingerprint density at radius 2 is 1.93 bits per heavy atom.